The molecule has 4 rings (SSSR count). The molecular formula is C24H16Cl4O6S2. The van der Waals surface area contributed by atoms with Crippen LogP contribution in [0.25, 0.3) is 0 Å². The van der Waals surface area contributed by atoms with Crippen LogP contribution in [0.2, 0.25) is 20.1 Å². The minimum absolute atomic E-state index is 0.0434. The SMILES string of the molecule is O=S(=O)(Oc1ccc(Cl)cc1)c1ccc(Cl)cc1.O=S(=O)(Oc1ccc(Cl)cc1)c1ccc(Cl)cc1. The molecule has 0 atom stereocenters. The van der Waals surface area contributed by atoms with Gasteiger partial charge in [0.25, 0.3) is 0 Å². The van der Waals surface area contributed by atoms with Gasteiger partial charge >= 0.3 is 20.2 Å². The molecule has 0 N–H and O–H groups in total. The van der Waals surface area contributed by atoms with Gasteiger partial charge in [0.1, 0.15) is 21.3 Å². The first-order valence-electron chi connectivity index (χ1n) is 9.86. The second-order valence-electron chi connectivity index (χ2n) is 6.89. The van der Waals surface area contributed by atoms with Crippen molar-refractivity contribution < 1.29 is 25.2 Å². The average molecular weight is 606 g/mol. The van der Waals surface area contributed by atoms with E-state index in [9.17, 15) is 16.8 Å². The van der Waals surface area contributed by atoms with Gasteiger partial charge in [0, 0.05) is 20.1 Å². The topological polar surface area (TPSA) is 86.7 Å². The van der Waals surface area contributed by atoms with Crippen LogP contribution in [0.5, 0.6) is 11.5 Å². The molecular weight excluding hydrogens is 590 g/mol. The summed E-state index contributed by atoms with van der Waals surface area (Å²) in [6.07, 6.45) is 0. The Kier molecular flexibility index (Phi) is 9.52. The zero-order valence-corrected chi connectivity index (χ0v) is 22.7. The van der Waals surface area contributed by atoms with E-state index in [-0.39, 0.29) is 21.3 Å². The molecule has 188 valence electrons. The van der Waals surface area contributed by atoms with Crippen molar-refractivity contribution in [1.82, 2.24) is 0 Å². The first-order chi connectivity index (χ1) is 16.9. The van der Waals surface area contributed by atoms with Crippen molar-refractivity contribution in [3.63, 3.8) is 0 Å². The standard InChI is InChI=1S/2C12H8Cl2O3S/c2*13-9-1-5-11(6-2-9)17-18(15,16)12-7-3-10(14)4-8-12/h2*1-8H. The summed E-state index contributed by atoms with van der Waals surface area (Å²) < 4.78 is 57.5. The molecule has 0 radical (unpaired) electrons. The molecule has 0 saturated carbocycles. The molecule has 12 heteroatoms. The van der Waals surface area contributed by atoms with E-state index in [1.54, 1.807) is 24.3 Å². The van der Waals surface area contributed by atoms with E-state index in [0.717, 1.165) is 0 Å². The summed E-state index contributed by atoms with van der Waals surface area (Å²) in [5.74, 6) is 0.406. The lowest BCUT2D eigenvalue weighted by molar-refractivity contribution is 0.484. The predicted octanol–water partition coefficient (Wildman–Crippen LogP) is 7.52. The highest BCUT2D eigenvalue weighted by Gasteiger charge is 2.17. The van der Waals surface area contributed by atoms with E-state index < -0.39 is 20.2 Å². The molecule has 4 aromatic rings. The molecule has 0 aliphatic heterocycles. The minimum Gasteiger partial charge on any atom is -0.379 e. The summed E-state index contributed by atoms with van der Waals surface area (Å²) >= 11 is 22.8. The van der Waals surface area contributed by atoms with Crippen LogP contribution in [-0.4, -0.2) is 16.8 Å². The van der Waals surface area contributed by atoms with Crippen LogP contribution in [0.4, 0.5) is 0 Å². The summed E-state index contributed by atoms with van der Waals surface area (Å²) in [5, 5.41) is 1.93. The van der Waals surface area contributed by atoms with Crippen molar-refractivity contribution in [2.75, 3.05) is 0 Å². The Balaban J connectivity index is 0.000000201. The third-order valence-electron chi connectivity index (χ3n) is 4.24. The second-order valence-corrected chi connectivity index (χ2v) is 11.7. The number of rotatable bonds is 6. The van der Waals surface area contributed by atoms with Crippen LogP contribution < -0.4 is 8.37 Å². The number of hydrogen-bond acceptors (Lipinski definition) is 6. The van der Waals surface area contributed by atoms with E-state index in [2.05, 4.69) is 0 Å². The number of benzene rings is 4. The molecule has 0 aliphatic rings. The molecule has 0 spiro atoms. The smallest absolute Gasteiger partial charge is 0.339 e. The predicted molar refractivity (Wildman–Crippen MR) is 141 cm³/mol. The van der Waals surface area contributed by atoms with Crippen molar-refractivity contribution in [3.8, 4) is 11.5 Å². The van der Waals surface area contributed by atoms with Crippen LogP contribution in [0, 0.1) is 0 Å². The molecule has 0 aliphatic carbocycles. The highest BCUT2D eigenvalue weighted by molar-refractivity contribution is 7.87. The zero-order chi connectivity index (χ0) is 26.3. The van der Waals surface area contributed by atoms with Crippen LogP contribution >= 0.6 is 46.4 Å². The van der Waals surface area contributed by atoms with Crippen molar-refractivity contribution in [1.29, 1.82) is 0 Å². The number of halogens is 4. The molecule has 36 heavy (non-hydrogen) atoms. The van der Waals surface area contributed by atoms with E-state index in [1.165, 1.54) is 72.8 Å². The van der Waals surface area contributed by atoms with Crippen molar-refractivity contribution >= 4 is 66.6 Å². The molecule has 0 fully saturated rings. The fourth-order valence-electron chi connectivity index (χ4n) is 2.53. The summed E-state index contributed by atoms with van der Waals surface area (Å²) in [4.78, 5) is 0.0868. The lowest BCUT2D eigenvalue weighted by atomic mass is 10.3. The Morgan fingerprint density at radius 2 is 0.611 bits per heavy atom. The summed E-state index contributed by atoms with van der Waals surface area (Å²) in [5.41, 5.74) is 0. The Labute approximate surface area is 229 Å². The van der Waals surface area contributed by atoms with Crippen LogP contribution in [0.3, 0.4) is 0 Å². The van der Waals surface area contributed by atoms with Gasteiger partial charge in [0.2, 0.25) is 0 Å². The zero-order valence-electron chi connectivity index (χ0n) is 18.0. The highest BCUT2D eigenvalue weighted by Crippen LogP contribution is 2.23. The van der Waals surface area contributed by atoms with Crippen LogP contribution in [0.1, 0.15) is 0 Å². The Hall–Kier alpha value is -2.46. The minimum atomic E-state index is -3.84. The molecule has 0 aromatic heterocycles. The van der Waals surface area contributed by atoms with Gasteiger partial charge in [-0.15, -0.1) is 0 Å². The van der Waals surface area contributed by atoms with Gasteiger partial charge in [-0.1, -0.05) is 46.4 Å². The second kappa shape index (κ2) is 12.2. The fourth-order valence-corrected chi connectivity index (χ4v) is 4.90. The maximum atomic E-state index is 11.9. The van der Waals surface area contributed by atoms with Crippen LogP contribution in [0.15, 0.2) is 107 Å². The average Bonchev–Trinajstić information content (AvgIpc) is 2.83. The molecule has 6 nitrogen and oxygen atoms in total. The van der Waals surface area contributed by atoms with Gasteiger partial charge in [-0.05, 0) is 97.1 Å². The quantitative estimate of drug-likeness (QED) is 0.211. The highest BCUT2D eigenvalue weighted by atomic mass is 35.5. The first-order valence-corrected chi connectivity index (χ1v) is 14.2. The van der Waals surface area contributed by atoms with E-state index in [4.69, 9.17) is 54.8 Å². The lowest BCUT2D eigenvalue weighted by Gasteiger charge is -2.06. The third-order valence-corrected chi connectivity index (χ3v) is 7.77. The fraction of sp³-hybridized carbons (Fsp3) is 0. The largest absolute Gasteiger partial charge is 0.379 e. The first kappa shape index (κ1) is 28.1. The van der Waals surface area contributed by atoms with Gasteiger partial charge in [-0.3, -0.25) is 0 Å². The summed E-state index contributed by atoms with van der Waals surface area (Å²) in [7, 11) is -7.69. The summed E-state index contributed by atoms with van der Waals surface area (Å²) in [6, 6.07) is 23.6. The Morgan fingerprint density at radius 1 is 0.389 bits per heavy atom. The molecule has 4 aromatic carbocycles. The molecule has 0 bridgehead atoms. The summed E-state index contributed by atoms with van der Waals surface area (Å²) in [6.45, 7) is 0. The van der Waals surface area contributed by atoms with Gasteiger partial charge in [-0.2, -0.15) is 16.8 Å². The number of hydrogen-bond donors (Lipinski definition) is 0. The third kappa shape index (κ3) is 8.30. The maximum absolute atomic E-state index is 11.9. The van der Waals surface area contributed by atoms with Gasteiger partial charge < -0.3 is 8.37 Å². The van der Waals surface area contributed by atoms with E-state index >= 15 is 0 Å². The molecule has 0 saturated heterocycles. The van der Waals surface area contributed by atoms with Crippen molar-refractivity contribution in [2.45, 2.75) is 9.79 Å². The van der Waals surface area contributed by atoms with Crippen LogP contribution in [-0.2, 0) is 20.2 Å². The van der Waals surface area contributed by atoms with E-state index in [0.29, 0.717) is 20.1 Å². The maximum Gasteiger partial charge on any atom is 0.339 e. The normalized spacial score (nSPS) is 11.2. The van der Waals surface area contributed by atoms with Crippen molar-refractivity contribution in [2.24, 2.45) is 0 Å². The van der Waals surface area contributed by atoms with Crippen molar-refractivity contribution in [3.05, 3.63) is 117 Å². The Morgan fingerprint density at radius 3 is 0.861 bits per heavy atom. The molecule has 0 amide bonds. The van der Waals surface area contributed by atoms with Gasteiger partial charge in [-0.25, -0.2) is 0 Å². The Bertz CT molecular complexity index is 1390. The lowest BCUT2D eigenvalue weighted by Crippen LogP contribution is -2.09. The monoisotopic (exact) mass is 604 g/mol. The molecule has 0 heterocycles. The van der Waals surface area contributed by atoms with Gasteiger partial charge in [0.15, 0.2) is 0 Å². The van der Waals surface area contributed by atoms with E-state index in [1.807, 2.05) is 0 Å². The van der Waals surface area contributed by atoms with Gasteiger partial charge in [0.05, 0.1) is 0 Å². The molecule has 0 unspecified atom stereocenters.